The molecule has 0 saturated carbocycles. The van der Waals surface area contributed by atoms with Crippen molar-refractivity contribution in [3.8, 4) is 6.07 Å². The molecule has 1 aliphatic heterocycles. The lowest BCUT2D eigenvalue weighted by atomic mass is 9.77. The van der Waals surface area contributed by atoms with Crippen LogP contribution in [-0.2, 0) is 19.3 Å². The molecule has 1 heterocycles. The third-order valence-electron chi connectivity index (χ3n) is 9.12. The topological polar surface area (TPSA) is 68.6 Å². The highest BCUT2D eigenvalue weighted by molar-refractivity contribution is 6.06. The second kappa shape index (κ2) is 15.1. The van der Waals surface area contributed by atoms with Crippen LogP contribution in [0.2, 0.25) is 0 Å². The normalized spacial score (nSPS) is 26.4. The molecule has 0 N–H and O–H groups in total. The van der Waals surface area contributed by atoms with E-state index >= 15 is 0 Å². The lowest BCUT2D eigenvalue weighted by Crippen LogP contribution is -2.54. The summed E-state index contributed by atoms with van der Waals surface area (Å²) in [7, 11) is 0. The van der Waals surface area contributed by atoms with Gasteiger partial charge < -0.3 is 4.74 Å². The Balaban J connectivity index is 1.99. The van der Waals surface area contributed by atoms with Crippen LogP contribution in [0.5, 0.6) is 0 Å². The molecule has 0 aromatic carbocycles. The molecule has 5 nitrogen and oxygen atoms in total. The first kappa shape index (κ1) is 34.7. The van der Waals surface area contributed by atoms with Gasteiger partial charge in [-0.25, -0.2) is 4.89 Å². The van der Waals surface area contributed by atoms with Gasteiger partial charge in [0.25, 0.3) is 0 Å². The van der Waals surface area contributed by atoms with Gasteiger partial charge in [0.05, 0.1) is 5.60 Å². The van der Waals surface area contributed by atoms with Crippen LogP contribution in [0.3, 0.4) is 0 Å². The van der Waals surface area contributed by atoms with Gasteiger partial charge in [-0.2, -0.15) is 10.1 Å². The van der Waals surface area contributed by atoms with Crippen molar-refractivity contribution in [2.45, 2.75) is 163 Å². The zero-order valence-corrected chi connectivity index (χ0v) is 27.5. The molecule has 40 heavy (non-hydrogen) atoms. The fraction of sp³-hybridized carbons (Fsp3) is 0.829. The predicted molar refractivity (Wildman–Crippen MR) is 163 cm³/mol. The molecule has 1 fully saturated rings. The summed E-state index contributed by atoms with van der Waals surface area (Å²) in [5.41, 5.74) is 0.614. The maximum Gasteiger partial charge on any atom is 0.247 e. The number of ether oxygens (including phenoxy) is 1. The molecule has 5 atom stereocenters. The Morgan fingerprint density at radius 1 is 0.975 bits per heavy atom. The summed E-state index contributed by atoms with van der Waals surface area (Å²) in [5.74, 6) is 1.32. The van der Waals surface area contributed by atoms with Gasteiger partial charge in [0.1, 0.15) is 6.07 Å². The van der Waals surface area contributed by atoms with E-state index in [2.05, 4.69) is 54.5 Å². The van der Waals surface area contributed by atoms with Crippen molar-refractivity contribution in [1.82, 2.24) is 0 Å². The second-order valence-corrected chi connectivity index (χ2v) is 14.4. The molecular formula is C35H59NO4. The Hall–Kier alpha value is -1.48. The zero-order valence-electron chi connectivity index (χ0n) is 27.5. The fourth-order valence-electron chi connectivity index (χ4n) is 6.35. The van der Waals surface area contributed by atoms with Gasteiger partial charge >= 0.3 is 0 Å². The summed E-state index contributed by atoms with van der Waals surface area (Å²) in [5, 5.41) is 9.86. The van der Waals surface area contributed by atoms with E-state index in [9.17, 15) is 10.1 Å². The van der Waals surface area contributed by atoms with Crippen LogP contribution in [-0.4, -0.2) is 22.8 Å². The standard InChI is InChI=1S/C35H59NO4/c1-25(2)14-11-15-27(5)16-12-17-28(6)18-13-20-33(9)21-19-31-22-32(37)29(7)30(8)35(31,38-33)40-39-34(10,24-36)23-26(3)4/h22,25-28H,11-21,23H2,1-10H3/t27?,28?,33?,34-,35+/m0/s1. The summed E-state index contributed by atoms with van der Waals surface area (Å²) in [6, 6.07) is 2.28. The molecule has 2 aliphatic rings. The number of hydrogen-bond donors (Lipinski definition) is 0. The largest absolute Gasteiger partial charge is 0.334 e. The van der Waals surface area contributed by atoms with Gasteiger partial charge in [0.2, 0.25) is 5.79 Å². The van der Waals surface area contributed by atoms with Crippen LogP contribution in [0.1, 0.15) is 146 Å². The molecule has 2 rings (SSSR count). The fourth-order valence-corrected chi connectivity index (χ4v) is 6.35. The summed E-state index contributed by atoms with van der Waals surface area (Å²) < 4.78 is 6.86. The molecule has 0 aromatic rings. The Morgan fingerprint density at radius 2 is 1.55 bits per heavy atom. The van der Waals surface area contributed by atoms with Crippen molar-refractivity contribution in [1.29, 1.82) is 5.26 Å². The highest BCUT2D eigenvalue weighted by Gasteiger charge is 2.53. The maximum atomic E-state index is 12.7. The number of hydrogen-bond acceptors (Lipinski definition) is 5. The minimum absolute atomic E-state index is 0.00721. The van der Waals surface area contributed by atoms with Gasteiger partial charge in [0, 0.05) is 5.57 Å². The quantitative estimate of drug-likeness (QED) is 0.131. The number of fused-ring (bicyclic) bond motifs is 1. The minimum Gasteiger partial charge on any atom is -0.334 e. The first-order valence-corrected chi connectivity index (χ1v) is 16.1. The Kier molecular flexibility index (Phi) is 13.1. The number of ketones is 1. The summed E-state index contributed by atoms with van der Waals surface area (Å²) in [6.45, 7) is 21.2. The molecule has 228 valence electrons. The molecule has 5 heteroatoms. The van der Waals surface area contributed by atoms with Crippen LogP contribution < -0.4 is 0 Å². The van der Waals surface area contributed by atoms with Gasteiger partial charge in [0.15, 0.2) is 11.4 Å². The Labute approximate surface area is 246 Å². The van der Waals surface area contributed by atoms with E-state index in [-0.39, 0.29) is 11.7 Å². The summed E-state index contributed by atoms with van der Waals surface area (Å²) in [6.07, 6.45) is 14.9. The predicted octanol–water partition coefficient (Wildman–Crippen LogP) is 9.81. The lowest BCUT2D eigenvalue weighted by Gasteiger charge is -2.49. The maximum absolute atomic E-state index is 12.7. The smallest absolute Gasteiger partial charge is 0.247 e. The summed E-state index contributed by atoms with van der Waals surface area (Å²) in [4.78, 5) is 24.8. The van der Waals surface area contributed by atoms with Gasteiger partial charge in [-0.15, -0.1) is 0 Å². The van der Waals surface area contributed by atoms with E-state index in [1.807, 2.05) is 13.8 Å². The monoisotopic (exact) mass is 557 g/mol. The molecular weight excluding hydrogens is 498 g/mol. The van der Waals surface area contributed by atoms with E-state index in [1.165, 1.54) is 44.9 Å². The third-order valence-corrected chi connectivity index (χ3v) is 9.12. The summed E-state index contributed by atoms with van der Waals surface area (Å²) >= 11 is 0. The van der Waals surface area contributed by atoms with E-state index in [1.54, 1.807) is 13.0 Å². The van der Waals surface area contributed by atoms with Gasteiger partial charge in [-0.1, -0.05) is 92.9 Å². The van der Waals surface area contributed by atoms with Crippen molar-refractivity contribution >= 4 is 5.78 Å². The Bertz CT molecular complexity index is 944. The highest BCUT2D eigenvalue weighted by atomic mass is 17.2. The molecule has 1 saturated heterocycles. The molecule has 0 bridgehead atoms. The number of allylic oxidation sites excluding steroid dienone is 2. The van der Waals surface area contributed by atoms with Crippen molar-refractivity contribution in [2.75, 3.05) is 0 Å². The molecule has 0 amide bonds. The van der Waals surface area contributed by atoms with Crippen LogP contribution in [0.15, 0.2) is 22.8 Å². The number of nitrogens with zero attached hydrogens (tertiary/aromatic N) is 1. The minimum atomic E-state index is -1.27. The highest BCUT2D eigenvalue weighted by Crippen LogP contribution is 2.49. The average molecular weight is 558 g/mol. The van der Waals surface area contributed by atoms with Crippen LogP contribution in [0.4, 0.5) is 0 Å². The molecule has 0 aromatic heterocycles. The van der Waals surface area contributed by atoms with E-state index in [0.717, 1.165) is 42.2 Å². The van der Waals surface area contributed by atoms with Crippen molar-refractivity contribution in [3.05, 3.63) is 22.8 Å². The molecule has 3 unspecified atom stereocenters. The zero-order chi connectivity index (χ0) is 30.1. The third kappa shape index (κ3) is 9.81. The van der Waals surface area contributed by atoms with Crippen molar-refractivity contribution in [2.24, 2.45) is 23.7 Å². The first-order valence-electron chi connectivity index (χ1n) is 16.1. The van der Waals surface area contributed by atoms with Crippen LogP contribution in [0.25, 0.3) is 0 Å². The van der Waals surface area contributed by atoms with E-state index in [4.69, 9.17) is 14.5 Å². The van der Waals surface area contributed by atoms with E-state index < -0.39 is 17.0 Å². The lowest BCUT2D eigenvalue weighted by molar-refractivity contribution is -0.452. The number of nitriles is 1. The number of carbonyl (C=O) groups excluding carboxylic acids is 1. The number of carbonyl (C=O) groups is 1. The van der Waals surface area contributed by atoms with Crippen molar-refractivity contribution < 1.29 is 19.3 Å². The molecule has 1 aliphatic carbocycles. The van der Waals surface area contributed by atoms with Crippen LogP contribution >= 0.6 is 0 Å². The number of rotatable bonds is 17. The Morgan fingerprint density at radius 3 is 2.10 bits per heavy atom. The SMILES string of the molecule is CC1=C(C)[C@]2(OO[C@](C)(C#N)CC(C)C)OC(C)(CCCC(C)CCCC(C)CCCC(C)C)CCC2=CC1=O. The first-order chi connectivity index (χ1) is 18.6. The molecule has 0 radical (unpaired) electrons. The van der Waals surface area contributed by atoms with E-state index in [0.29, 0.717) is 24.3 Å². The molecule has 0 spiro atoms. The second-order valence-electron chi connectivity index (χ2n) is 14.4. The van der Waals surface area contributed by atoms with Crippen LogP contribution in [0, 0.1) is 35.0 Å². The van der Waals surface area contributed by atoms with Gasteiger partial charge in [-0.05, 0) is 94.3 Å². The van der Waals surface area contributed by atoms with Gasteiger partial charge in [-0.3, -0.25) is 4.79 Å². The van der Waals surface area contributed by atoms with Crippen molar-refractivity contribution in [3.63, 3.8) is 0 Å². The average Bonchev–Trinajstić information content (AvgIpc) is 2.86.